The van der Waals surface area contributed by atoms with E-state index in [2.05, 4.69) is 6.58 Å². The maximum Gasteiger partial charge on any atom is 0.142 e. The highest BCUT2D eigenvalue weighted by Crippen LogP contribution is 1.73. The molecule has 1 heteroatoms. The molecule has 0 aromatic heterocycles. The zero-order valence-electron chi connectivity index (χ0n) is 4.58. The highest BCUT2D eigenvalue weighted by molar-refractivity contribution is 5.65. The summed E-state index contributed by atoms with van der Waals surface area (Å²) in [7, 11) is 0. The van der Waals surface area contributed by atoms with Gasteiger partial charge in [-0.05, 0) is 6.08 Å². The number of rotatable bonds is 3. The monoisotopic (exact) mass is 108 g/mol. The lowest BCUT2D eigenvalue weighted by Gasteiger charge is -1.65. The van der Waals surface area contributed by atoms with Crippen LogP contribution in [0.5, 0.6) is 0 Å². The van der Waals surface area contributed by atoms with Crippen LogP contribution in [0.4, 0.5) is 0 Å². The van der Waals surface area contributed by atoms with Gasteiger partial charge in [-0.1, -0.05) is 30.9 Å². The molecule has 0 unspecified atom stereocenters. The Bertz CT molecular complexity index is 104. The molecule has 0 heterocycles. The topological polar surface area (TPSA) is 17.1 Å². The molecule has 0 amide bonds. The van der Waals surface area contributed by atoms with Crippen molar-refractivity contribution >= 4 is 6.29 Å². The van der Waals surface area contributed by atoms with Crippen LogP contribution in [0.2, 0.25) is 0 Å². The lowest BCUT2D eigenvalue weighted by atomic mass is 10.4. The van der Waals surface area contributed by atoms with Crippen molar-refractivity contribution in [2.24, 2.45) is 0 Å². The Labute approximate surface area is 49.0 Å². The SMILES string of the molecule is C=C/C=C/C=C/C=O. The number of allylic oxidation sites excluding steroid dienone is 5. The van der Waals surface area contributed by atoms with E-state index in [9.17, 15) is 4.79 Å². The summed E-state index contributed by atoms with van der Waals surface area (Å²) in [6.45, 7) is 3.45. The Hall–Kier alpha value is -1.11. The summed E-state index contributed by atoms with van der Waals surface area (Å²) in [6.07, 6.45) is 8.93. The minimum atomic E-state index is 0.730. The molecule has 0 N–H and O–H groups in total. The molecule has 0 bridgehead atoms. The third-order valence-corrected chi connectivity index (χ3v) is 0.548. The molecule has 0 atom stereocenters. The first-order valence-electron chi connectivity index (χ1n) is 2.31. The minimum Gasteiger partial charge on any atom is -0.299 e. The van der Waals surface area contributed by atoms with Gasteiger partial charge in [0.05, 0.1) is 0 Å². The first-order chi connectivity index (χ1) is 3.91. The van der Waals surface area contributed by atoms with Gasteiger partial charge < -0.3 is 0 Å². The van der Waals surface area contributed by atoms with E-state index in [-0.39, 0.29) is 0 Å². The normalized spacial score (nSPS) is 10.5. The molecule has 0 aliphatic heterocycles. The van der Waals surface area contributed by atoms with Gasteiger partial charge in [-0.15, -0.1) is 0 Å². The van der Waals surface area contributed by atoms with Crippen LogP contribution in [-0.4, -0.2) is 6.29 Å². The molecule has 0 rings (SSSR count). The molecule has 0 fully saturated rings. The van der Waals surface area contributed by atoms with Crippen molar-refractivity contribution in [1.82, 2.24) is 0 Å². The Morgan fingerprint density at radius 3 is 2.12 bits per heavy atom. The van der Waals surface area contributed by atoms with Crippen molar-refractivity contribution in [3.05, 3.63) is 37.0 Å². The molecule has 8 heavy (non-hydrogen) atoms. The van der Waals surface area contributed by atoms with E-state index in [4.69, 9.17) is 0 Å². The fourth-order valence-corrected chi connectivity index (χ4v) is 0.252. The summed E-state index contributed by atoms with van der Waals surface area (Å²) in [5, 5.41) is 0. The van der Waals surface area contributed by atoms with Gasteiger partial charge in [0.1, 0.15) is 6.29 Å². The van der Waals surface area contributed by atoms with Crippen molar-refractivity contribution in [3.8, 4) is 0 Å². The smallest absolute Gasteiger partial charge is 0.142 e. The maximum atomic E-state index is 9.62. The standard InChI is InChI=1S/C7H8O/c1-2-3-4-5-6-7-8/h2-7H,1H2/b4-3+,6-5+. The van der Waals surface area contributed by atoms with Crippen molar-refractivity contribution in [1.29, 1.82) is 0 Å². The lowest BCUT2D eigenvalue weighted by molar-refractivity contribution is -0.104. The molecule has 0 aliphatic rings. The Balaban J connectivity index is 3.41. The van der Waals surface area contributed by atoms with E-state index in [1.54, 1.807) is 24.3 Å². The van der Waals surface area contributed by atoms with Gasteiger partial charge in [0, 0.05) is 0 Å². The van der Waals surface area contributed by atoms with Crippen LogP contribution in [0.25, 0.3) is 0 Å². The van der Waals surface area contributed by atoms with E-state index >= 15 is 0 Å². The Kier molecular flexibility index (Phi) is 5.07. The van der Waals surface area contributed by atoms with E-state index in [0.717, 1.165) is 6.29 Å². The van der Waals surface area contributed by atoms with E-state index in [1.807, 2.05) is 0 Å². The van der Waals surface area contributed by atoms with Gasteiger partial charge in [-0.3, -0.25) is 4.79 Å². The van der Waals surface area contributed by atoms with Crippen LogP contribution in [0.1, 0.15) is 0 Å². The predicted molar refractivity (Wildman–Crippen MR) is 34.5 cm³/mol. The number of carbonyl (C=O) groups excluding carboxylic acids is 1. The molecule has 0 aliphatic carbocycles. The van der Waals surface area contributed by atoms with Gasteiger partial charge in [0.25, 0.3) is 0 Å². The lowest BCUT2D eigenvalue weighted by Crippen LogP contribution is -1.54. The number of carbonyl (C=O) groups is 1. The Morgan fingerprint density at radius 1 is 1.00 bits per heavy atom. The quantitative estimate of drug-likeness (QED) is 0.304. The van der Waals surface area contributed by atoms with Crippen LogP contribution in [-0.2, 0) is 4.79 Å². The second kappa shape index (κ2) is 5.89. The van der Waals surface area contributed by atoms with E-state index in [0.29, 0.717) is 0 Å². The fraction of sp³-hybridized carbons (Fsp3) is 0. The third-order valence-electron chi connectivity index (χ3n) is 0.548. The van der Waals surface area contributed by atoms with Crippen LogP contribution in [0, 0.1) is 0 Å². The van der Waals surface area contributed by atoms with Crippen molar-refractivity contribution in [3.63, 3.8) is 0 Å². The molecule has 0 saturated heterocycles. The van der Waals surface area contributed by atoms with Crippen LogP contribution >= 0.6 is 0 Å². The average molecular weight is 108 g/mol. The van der Waals surface area contributed by atoms with E-state index < -0.39 is 0 Å². The summed E-state index contributed by atoms with van der Waals surface area (Å²) in [4.78, 5) is 9.62. The van der Waals surface area contributed by atoms with Crippen molar-refractivity contribution < 1.29 is 4.79 Å². The number of hydrogen-bond donors (Lipinski definition) is 0. The zero-order chi connectivity index (χ0) is 6.24. The van der Waals surface area contributed by atoms with Crippen LogP contribution < -0.4 is 0 Å². The molecule has 0 spiro atoms. The second-order valence-corrected chi connectivity index (χ2v) is 1.14. The average Bonchev–Trinajstić information content (AvgIpc) is 1.81. The van der Waals surface area contributed by atoms with Crippen LogP contribution in [0.15, 0.2) is 37.0 Å². The largest absolute Gasteiger partial charge is 0.299 e. The molecule has 0 aromatic carbocycles. The molecule has 0 saturated carbocycles. The van der Waals surface area contributed by atoms with Crippen molar-refractivity contribution in [2.45, 2.75) is 0 Å². The van der Waals surface area contributed by atoms with Gasteiger partial charge >= 0.3 is 0 Å². The first kappa shape index (κ1) is 6.89. The first-order valence-corrected chi connectivity index (χ1v) is 2.31. The molecule has 0 aromatic rings. The van der Waals surface area contributed by atoms with Gasteiger partial charge in [0.15, 0.2) is 0 Å². The van der Waals surface area contributed by atoms with E-state index in [1.165, 1.54) is 6.08 Å². The molecule has 0 radical (unpaired) electrons. The Morgan fingerprint density at radius 2 is 1.62 bits per heavy atom. The third kappa shape index (κ3) is 4.89. The van der Waals surface area contributed by atoms with Gasteiger partial charge in [0.2, 0.25) is 0 Å². The summed E-state index contributed by atoms with van der Waals surface area (Å²) in [6, 6.07) is 0. The number of hydrogen-bond acceptors (Lipinski definition) is 1. The van der Waals surface area contributed by atoms with Gasteiger partial charge in [-0.25, -0.2) is 0 Å². The second-order valence-electron chi connectivity index (χ2n) is 1.14. The summed E-state index contributed by atoms with van der Waals surface area (Å²) in [5.74, 6) is 0. The summed E-state index contributed by atoms with van der Waals surface area (Å²) >= 11 is 0. The zero-order valence-corrected chi connectivity index (χ0v) is 4.58. The van der Waals surface area contributed by atoms with Gasteiger partial charge in [-0.2, -0.15) is 0 Å². The molecular weight excluding hydrogens is 100 g/mol. The summed E-state index contributed by atoms with van der Waals surface area (Å²) < 4.78 is 0. The maximum absolute atomic E-state index is 9.62. The highest BCUT2D eigenvalue weighted by atomic mass is 16.1. The molecule has 42 valence electrons. The van der Waals surface area contributed by atoms with Crippen LogP contribution in [0.3, 0.4) is 0 Å². The van der Waals surface area contributed by atoms with Crippen molar-refractivity contribution in [2.75, 3.05) is 0 Å². The molecule has 1 nitrogen and oxygen atoms in total. The predicted octanol–water partition coefficient (Wildman–Crippen LogP) is 1.48. The fourth-order valence-electron chi connectivity index (χ4n) is 0.252. The summed E-state index contributed by atoms with van der Waals surface area (Å²) in [5.41, 5.74) is 0. The number of aldehydes is 1. The minimum absolute atomic E-state index is 0.730. The molecular formula is C7H8O. The highest BCUT2D eigenvalue weighted by Gasteiger charge is 1.57.